The van der Waals surface area contributed by atoms with Crippen molar-refractivity contribution in [3.05, 3.63) is 53.9 Å². The van der Waals surface area contributed by atoms with Crippen molar-refractivity contribution in [2.45, 2.75) is 70.7 Å². The first-order valence-electron chi connectivity index (χ1n) is 13.7. The Balaban J connectivity index is 1.53. The van der Waals surface area contributed by atoms with Gasteiger partial charge in [-0.15, -0.1) is 0 Å². The molecule has 4 rings (SSSR count). The van der Waals surface area contributed by atoms with Gasteiger partial charge in [-0.25, -0.2) is 4.79 Å². The summed E-state index contributed by atoms with van der Waals surface area (Å²) in [5.74, 6) is 0.297. The number of amides is 3. The van der Waals surface area contributed by atoms with Gasteiger partial charge in [0.05, 0.1) is 18.2 Å². The van der Waals surface area contributed by atoms with E-state index < -0.39 is 0 Å². The second kappa shape index (κ2) is 13.1. The molecule has 1 aliphatic carbocycles. The second-order valence-electron chi connectivity index (χ2n) is 10.8. The maximum absolute atomic E-state index is 13.7. The van der Waals surface area contributed by atoms with Crippen LogP contribution in [0.3, 0.4) is 0 Å². The fraction of sp³-hybridized carbons (Fsp3) is 0.552. The number of likely N-dealkylation sites (N-methyl/N-ethyl adjacent to an activating group) is 1. The quantitative estimate of drug-likeness (QED) is 0.485. The zero-order valence-corrected chi connectivity index (χ0v) is 22.7. The molecule has 1 fully saturated rings. The third-order valence-electron chi connectivity index (χ3n) is 7.56. The normalized spacial score (nSPS) is 21.2. The van der Waals surface area contributed by atoms with Crippen molar-refractivity contribution in [1.82, 2.24) is 20.1 Å². The molecule has 3 atom stereocenters. The van der Waals surface area contributed by atoms with E-state index in [1.807, 2.05) is 26.1 Å². The van der Waals surface area contributed by atoms with Gasteiger partial charge in [-0.2, -0.15) is 0 Å². The highest BCUT2D eigenvalue weighted by molar-refractivity contribution is 5.99. The molecule has 0 saturated heterocycles. The Bertz CT molecular complexity index is 1080. The van der Waals surface area contributed by atoms with Crippen LogP contribution in [0.2, 0.25) is 0 Å². The van der Waals surface area contributed by atoms with Gasteiger partial charge in [0.1, 0.15) is 11.9 Å². The number of ether oxygens (including phenoxy) is 1. The monoisotopic (exact) mass is 523 g/mol. The molecule has 2 aliphatic rings. The summed E-state index contributed by atoms with van der Waals surface area (Å²) in [5.41, 5.74) is 2.08. The number of carbonyl (C=O) groups excluding carboxylic acids is 2. The van der Waals surface area contributed by atoms with Crippen LogP contribution < -0.4 is 15.4 Å². The number of aromatic nitrogens is 1. The zero-order valence-electron chi connectivity index (χ0n) is 22.7. The summed E-state index contributed by atoms with van der Waals surface area (Å²) >= 11 is 0. The highest BCUT2D eigenvalue weighted by atomic mass is 16.5. The van der Waals surface area contributed by atoms with E-state index in [4.69, 9.17) is 4.74 Å². The molecule has 0 spiro atoms. The van der Waals surface area contributed by atoms with Gasteiger partial charge in [0.25, 0.3) is 5.91 Å². The predicted octanol–water partition coefficient (Wildman–Crippen LogP) is 3.89. The lowest BCUT2D eigenvalue weighted by molar-refractivity contribution is 0.0341. The van der Waals surface area contributed by atoms with E-state index in [0.29, 0.717) is 30.1 Å². The van der Waals surface area contributed by atoms with Crippen molar-refractivity contribution in [2.24, 2.45) is 5.92 Å². The summed E-state index contributed by atoms with van der Waals surface area (Å²) in [6.45, 7) is 5.64. The molecule has 1 aliphatic heterocycles. The molecule has 2 heterocycles. The number of hydrogen-bond acceptors (Lipinski definition) is 6. The van der Waals surface area contributed by atoms with Crippen LogP contribution >= 0.6 is 0 Å². The minimum absolute atomic E-state index is 0.0278. The van der Waals surface area contributed by atoms with E-state index in [0.717, 1.165) is 37.8 Å². The molecule has 1 saturated carbocycles. The molecule has 1 aromatic heterocycles. The van der Waals surface area contributed by atoms with Crippen molar-refractivity contribution in [3.63, 3.8) is 0 Å². The Morgan fingerprint density at radius 2 is 1.95 bits per heavy atom. The number of anilines is 1. The molecule has 0 bridgehead atoms. The number of carbonyl (C=O) groups is 2. The lowest BCUT2D eigenvalue weighted by Crippen LogP contribution is -2.49. The summed E-state index contributed by atoms with van der Waals surface area (Å²) in [6, 6.07) is 8.79. The maximum Gasteiger partial charge on any atom is 0.319 e. The average molecular weight is 524 g/mol. The largest absolute Gasteiger partial charge is 0.488 e. The maximum atomic E-state index is 13.7. The van der Waals surface area contributed by atoms with E-state index in [2.05, 4.69) is 27.4 Å². The van der Waals surface area contributed by atoms with Gasteiger partial charge in [-0.1, -0.05) is 26.2 Å². The molecule has 38 heavy (non-hydrogen) atoms. The SMILES string of the molecule is C[C@@H]1CN([C@@H](C)CO)C(=O)c2cc(NC(=O)NC3CCCCC3)ccc2O[C@@H]1CN(C)Cc1ccncc1. The zero-order chi connectivity index (χ0) is 27.1. The van der Waals surface area contributed by atoms with Crippen molar-refractivity contribution >= 4 is 17.6 Å². The van der Waals surface area contributed by atoms with Gasteiger partial charge >= 0.3 is 6.03 Å². The second-order valence-corrected chi connectivity index (χ2v) is 10.8. The summed E-state index contributed by atoms with van der Waals surface area (Å²) < 4.78 is 6.48. The Hall–Kier alpha value is -3.17. The number of aliphatic hydroxyl groups is 1. The van der Waals surface area contributed by atoms with Gasteiger partial charge in [0.2, 0.25) is 0 Å². The first-order valence-corrected chi connectivity index (χ1v) is 13.7. The van der Waals surface area contributed by atoms with Crippen LogP contribution in [0.5, 0.6) is 5.75 Å². The van der Waals surface area contributed by atoms with E-state index in [-0.39, 0.29) is 42.7 Å². The summed E-state index contributed by atoms with van der Waals surface area (Å²) in [7, 11) is 2.05. The average Bonchev–Trinajstić information content (AvgIpc) is 2.91. The number of nitrogens with zero attached hydrogens (tertiary/aromatic N) is 3. The van der Waals surface area contributed by atoms with Crippen LogP contribution in [0.1, 0.15) is 61.9 Å². The fourth-order valence-corrected chi connectivity index (χ4v) is 5.29. The van der Waals surface area contributed by atoms with Gasteiger partial charge < -0.3 is 25.4 Å². The van der Waals surface area contributed by atoms with Crippen LogP contribution in [0.15, 0.2) is 42.7 Å². The number of benzene rings is 1. The first kappa shape index (κ1) is 27.9. The van der Waals surface area contributed by atoms with Crippen LogP contribution in [-0.4, -0.2) is 76.8 Å². The van der Waals surface area contributed by atoms with Gasteiger partial charge in [0, 0.05) is 49.7 Å². The van der Waals surface area contributed by atoms with E-state index in [1.165, 1.54) is 6.42 Å². The minimum atomic E-state index is -0.350. The standard InChI is InChI=1S/C29H41N5O4/c1-20-16-34(21(2)19-35)28(36)25-15-24(32-29(37)31-23-7-5-4-6-8-23)9-10-26(25)38-27(20)18-33(3)17-22-11-13-30-14-12-22/h9-15,20-21,23,27,35H,4-8,16-19H2,1-3H3,(H2,31,32,37)/t20-,21+,27-/m1/s1. The van der Waals surface area contributed by atoms with Crippen molar-refractivity contribution < 1.29 is 19.4 Å². The van der Waals surface area contributed by atoms with Crippen LogP contribution in [0, 0.1) is 5.92 Å². The molecule has 0 radical (unpaired) electrons. The Morgan fingerprint density at radius 1 is 1.21 bits per heavy atom. The number of hydrogen-bond donors (Lipinski definition) is 3. The number of rotatable bonds is 8. The molecule has 2 aromatic rings. The Morgan fingerprint density at radius 3 is 2.66 bits per heavy atom. The van der Waals surface area contributed by atoms with E-state index in [1.54, 1.807) is 35.5 Å². The summed E-state index contributed by atoms with van der Waals surface area (Å²) in [4.78, 5) is 34.3. The third kappa shape index (κ3) is 7.23. The predicted molar refractivity (Wildman–Crippen MR) is 147 cm³/mol. The lowest BCUT2D eigenvalue weighted by Gasteiger charge is -2.38. The van der Waals surface area contributed by atoms with Crippen molar-refractivity contribution in [3.8, 4) is 5.75 Å². The smallest absolute Gasteiger partial charge is 0.319 e. The summed E-state index contributed by atoms with van der Waals surface area (Å²) in [5, 5.41) is 15.8. The van der Waals surface area contributed by atoms with Gasteiger partial charge in [-0.3, -0.25) is 14.7 Å². The minimum Gasteiger partial charge on any atom is -0.488 e. The van der Waals surface area contributed by atoms with Crippen molar-refractivity contribution in [1.29, 1.82) is 0 Å². The molecular formula is C29H41N5O4. The number of nitrogens with one attached hydrogen (secondary N) is 2. The highest BCUT2D eigenvalue weighted by Crippen LogP contribution is 2.31. The molecule has 3 amide bonds. The molecule has 206 valence electrons. The Labute approximate surface area is 225 Å². The van der Waals surface area contributed by atoms with Crippen LogP contribution in [0.25, 0.3) is 0 Å². The molecule has 1 aromatic carbocycles. The van der Waals surface area contributed by atoms with Gasteiger partial charge in [0.15, 0.2) is 0 Å². The fourth-order valence-electron chi connectivity index (χ4n) is 5.29. The number of fused-ring (bicyclic) bond motifs is 1. The molecule has 9 nitrogen and oxygen atoms in total. The first-order chi connectivity index (χ1) is 18.3. The lowest BCUT2D eigenvalue weighted by atomic mass is 9.96. The molecule has 9 heteroatoms. The number of aliphatic hydroxyl groups excluding tert-OH is 1. The molecule has 3 N–H and O–H groups in total. The van der Waals surface area contributed by atoms with Crippen LogP contribution in [0.4, 0.5) is 10.5 Å². The van der Waals surface area contributed by atoms with Crippen molar-refractivity contribution in [2.75, 3.05) is 32.1 Å². The summed E-state index contributed by atoms with van der Waals surface area (Å²) in [6.07, 6.45) is 8.85. The molecule has 0 unspecified atom stereocenters. The highest BCUT2D eigenvalue weighted by Gasteiger charge is 2.33. The Kier molecular flexibility index (Phi) is 9.58. The van der Waals surface area contributed by atoms with E-state index >= 15 is 0 Å². The van der Waals surface area contributed by atoms with Crippen LogP contribution in [-0.2, 0) is 6.54 Å². The number of pyridine rings is 1. The van der Waals surface area contributed by atoms with Gasteiger partial charge in [-0.05, 0) is 62.7 Å². The number of urea groups is 1. The van der Waals surface area contributed by atoms with E-state index in [9.17, 15) is 14.7 Å². The third-order valence-corrected chi connectivity index (χ3v) is 7.56. The molecular weight excluding hydrogens is 482 g/mol. The topological polar surface area (TPSA) is 107 Å².